The molecule has 5 heteroatoms. The molecule has 20 heavy (non-hydrogen) atoms. The summed E-state index contributed by atoms with van der Waals surface area (Å²) in [4.78, 5) is 0. The zero-order chi connectivity index (χ0) is 14.2. The number of hydrogen-bond donors (Lipinski definition) is 1. The van der Waals surface area contributed by atoms with E-state index in [1.807, 2.05) is 6.07 Å². The highest BCUT2D eigenvalue weighted by molar-refractivity contribution is 6.30. The van der Waals surface area contributed by atoms with Gasteiger partial charge in [0.2, 0.25) is 0 Å². The summed E-state index contributed by atoms with van der Waals surface area (Å²) in [6, 6.07) is 7.41. The van der Waals surface area contributed by atoms with Crippen molar-refractivity contribution in [2.24, 2.45) is 5.92 Å². The van der Waals surface area contributed by atoms with Crippen LogP contribution < -0.4 is 5.32 Å². The largest absolute Gasteiger partial charge is 0.384 e. The lowest BCUT2D eigenvalue weighted by Crippen LogP contribution is -2.12. The van der Waals surface area contributed by atoms with Gasteiger partial charge in [-0.2, -0.15) is 5.26 Å². The number of anilines is 1. The van der Waals surface area contributed by atoms with E-state index in [0.717, 1.165) is 51.5 Å². The summed E-state index contributed by atoms with van der Waals surface area (Å²) in [5.74, 6) is 0.560. The number of nitrogens with one attached hydrogen (secondary N) is 1. The summed E-state index contributed by atoms with van der Waals surface area (Å²) in [5.41, 5.74) is 1.39. The molecule has 1 fully saturated rings. The van der Waals surface area contributed by atoms with E-state index in [9.17, 15) is 0 Å². The number of ether oxygens (including phenoxy) is 2. The van der Waals surface area contributed by atoms with E-state index in [2.05, 4.69) is 11.4 Å². The molecule has 0 aliphatic carbocycles. The Hall–Kier alpha value is -1.28. The molecule has 1 aromatic carbocycles. The molecule has 0 bridgehead atoms. The fourth-order valence-corrected chi connectivity index (χ4v) is 2.30. The van der Waals surface area contributed by atoms with Gasteiger partial charge in [0.25, 0.3) is 0 Å². The number of benzene rings is 1. The van der Waals surface area contributed by atoms with Crippen LogP contribution in [0.15, 0.2) is 18.2 Å². The third kappa shape index (κ3) is 4.68. The summed E-state index contributed by atoms with van der Waals surface area (Å²) in [6.45, 7) is 3.97. The minimum absolute atomic E-state index is 0.560. The number of halogens is 1. The van der Waals surface area contributed by atoms with E-state index in [4.69, 9.17) is 26.3 Å². The van der Waals surface area contributed by atoms with E-state index in [-0.39, 0.29) is 0 Å². The summed E-state index contributed by atoms with van der Waals surface area (Å²) in [5, 5.41) is 12.8. The van der Waals surface area contributed by atoms with Crippen molar-refractivity contribution in [3.05, 3.63) is 28.8 Å². The Balaban J connectivity index is 1.62. The second-order valence-corrected chi connectivity index (χ2v) is 5.32. The molecule has 1 aromatic rings. The molecule has 0 spiro atoms. The van der Waals surface area contributed by atoms with Gasteiger partial charge in [-0.3, -0.25) is 0 Å². The molecule has 1 heterocycles. The van der Waals surface area contributed by atoms with Crippen molar-refractivity contribution >= 4 is 17.3 Å². The highest BCUT2D eigenvalue weighted by Crippen LogP contribution is 2.19. The Kier molecular flexibility index (Phi) is 6.13. The molecule has 1 unspecified atom stereocenters. The van der Waals surface area contributed by atoms with Crippen LogP contribution in [0.5, 0.6) is 0 Å². The van der Waals surface area contributed by atoms with E-state index < -0.39 is 0 Å². The molecule has 0 radical (unpaired) electrons. The second-order valence-electron chi connectivity index (χ2n) is 4.89. The molecule has 0 aromatic heterocycles. The van der Waals surface area contributed by atoms with Gasteiger partial charge in [0, 0.05) is 30.7 Å². The average molecular weight is 295 g/mol. The Bertz CT molecular complexity index is 467. The molecule has 1 N–H and O–H groups in total. The molecular formula is C15H19ClN2O2. The van der Waals surface area contributed by atoms with Crippen LogP contribution in [-0.2, 0) is 9.47 Å². The molecule has 1 aliphatic rings. The lowest BCUT2D eigenvalue weighted by molar-refractivity contribution is 0.0897. The van der Waals surface area contributed by atoms with Crippen molar-refractivity contribution in [2.75, 3.05) is 38.3 Å². The third-order valence-corrected chi connectivity index (χ3v) is 3.50. The van der Waals surface area contributed by atoms with Crippen molar-refractivity contribution in [2.45, 2.75) is 12.8 Å². The highest BCUT2D eigenvalue weighted by atomic mass is 35.5. The van der Waals surface area contributed by atoms with Gasteiger partial charge in [-0.25, -0.2) is 0 Å². The molecule has 0 amide bonds. The second kappa shape index (κ2) is 8.11. The van der Waals surface area contributed by atoms with Gasteiger partial charge < -0.3 is 14.8 Å². The first kappa shape index (κ1) is 15.1. The molecule has 1 aliphatic heterocycles. The fraction of sp³-hybridized carbons (Fsp3) is 0.533. The smallest absolute Gasteiger partial charge is 0.101 e. The average Bonchev–Trinajstić information content (AvgIpc) is 2.97. The zero-order valence-electron chi connectivity index (χ0n) is 11.4. The van der Waals surface area contributed by atoms with Gasteiger partial charge in [-0.1, -0.05) is 11.6 Å². The van der Waals surface area contributed by atoms with E-state index in [0.29, 0.717) is 16.5 Å². The van der Waals surface area contributed by atoms with Crippen molar-refractivity contribution in [3.8, 4) is 6.07 Å². The Labute approximate surface area is 124 Å². The number of nitrogens with zero attached hydrogens (tertiary/aromatic N) is 1. The summed E-state index contributed by atoms with van der Waals surface area (Å²) in [7, 11) is 0. The van der Waals surface area contributed by atoms with E-state index in [1.54, 1.807) is 12.1 Å². The van der Waals surface area contributed by atoms with Crippen LogP contribution in [0, 0.1) is 17.2 Å². The topological polar surface area (TPSA) is 54.3 Å². The fourth-order valence-electron chi connectivity index (χ4n) is 2.13. The maximum Gasteiger partial charge on any atom is 0.101 e. The van der Waals surface area contributed by atoms with E-state index >= 15 is 0 Å². The van der Waals surface area contributed by atoms with Crippen LogP contribution >= 0.6 is 11.6 Å². The minimum atomic E-state index is 0.560. The number of hydrogen-bond acceptors (Lipinski definition) is 4. The minimum Gasteiger partial charge on any atom is -0.384 e. The molecular weight excluding hydrogens is 276 g/mol. The lowest BCUT2D eigenvalue weighted by atomic mass is 10.1. The molecule has 0 saturated carbocycles. The van der Waals surface area contributed by atoms with Crippen LogP contribution in [0.3, 0.4) is 0 Å². The molecule has 108 valence electrons. The summed E-state index contributed by atoms with van der Waals surface area (Å²) in [6.07, 6.45) is 2.01. The van der Waals surface area contributed by atoms with Crippen LogP contribution in [0.2, 0.25) is 5.02 Å². The first-order chi connectivity index (χ1) is 9.79. The predicted octanol–water partition coefficient (Wildman–Crippen LogP) is 3.07. The Morgan fingerprint density at radius 1 is 1.50 bits per heavy atom. The first-order valence-corrected chi connectivity index (χ1v) is 7.26. The zero-order valence-corrected chi connectivity index (χ0v) is 12.2. The van der Waals surface area contributed by atoms with Gasteiger partial charge >= 0.3 is 0 Å². The highest BCUT2D eigenvalue weighted by Gasteiger charge is 2.15. The van der Waals surface area contributed by atoms with Gasteiger partial charge in [0.05, 0.1) is 24.5 Å². The van der Waals surface area contributed by atoms with Crippen LogP contribution in [0.25, 0.3) is 0 Å². The number of rotatable bonds is 7. The van der Waals surface area contributed by atoms with Crippen LogP contribution in [0.1, 0.15) is 18.4 Å². The summed E-state index contributed by atoms with van der Waals surface area (Å²) >= 11 is 5.85. The van der Waals surface area contributed by atoms with Crippen molar-refractivity contribution < 1.29 is 9.47 Å². The predicted molar refractivity (Wildman–Crippen MR) is 79.0 cm³/mol. The van der Waals surface area contributed by atoms with Crippen LogP contribution in [-0.4, -0.2) is 33.0 Å². The standard InChI is InChI=1S/C15H19ClN2O2/c16-14-2-3-15(13(8-14)9-17)18-5-1-6-19-10-12-4-7-20-11-12/h2-3,8,12,18H,1,4-7,10-11H2. The molecule has 4 nitrogen and oxygen atoms in total. The maximum absolute atomic E-state index is 9.02. The SMILES string of the molecule is N#Cc1cc(Cl)ccc1NCCCOCC1CCOC1. The normalized spacial score (nSPS) is 17.9. The van der Waals surface area contributed by atoms with Gasteiger partial charge in [0.15, 0.2) is 0 Å². The Morgan fingerprint density at radius 3 is 3.15 bits per heavy atom. The maximum atomic E-state index is 9.02. The lowest BCUT2D eigenvalue weighted by Gasteiger charge is -2.10. The molecule has 2 rings (SSSR count). The van der Waals surface area contributed by atoms with Crippen molar-refractivity contribution in [3.63, 3.8) is 0 Å². The van der Waals surface area contributed by atoms with Crippen LogP contribution in [0.4, 0.5) is 5.69 Å². The van der Waals surface area contributed by atoms with Crippen molar-refractivity contribution in [1.82, 2.24) is 0 Å². The first-order valence-electron chi connectivity index (χ1n) is 6.88. The Morgan fingerprint density at radius 2 is 2.40 bits per heavy atom. The van der Waals surface area contributed by atoms with E-state index in [1.165, 1.54) is 0 Å². The molecule has 1 saturated heterocycles. The quantitative estimate of drug-likeness (QED) is 0.785. The third-order valence-electron chi connectivity index (χ3n) is 3.26. The number of nitriles is 1. The summed E-state index contributed by atoms with van der Waals surface area (Å²) < 4.78 is 10.9. The van der Waals surface area contributed by atoms with Gasteiger partial charge in [0.1, 0.15) is 6.07 Å². The van der Waals surface area contributed by atoms with Gasteiger partial charge in [-0.05, 0) is 31.0 Å². The molecule has 1 atom stereocenters. The van der Waals surface area contributed by atoms with Gasteiger partial charge in [-0.15, -0.1) is 0 Å². The monoisotopic (exact) mass is 294 g/mol. The van der Waals surface area contributed by atoms with Crippen molar-refractivity contribution in [1.29, 1.82) is 5.26 Å².